The van der Waals surface area contributed by atoms with Crippen molar-refractivity contribution in [2.24, 2.45) is 5.73 Å². The number of hydrogen-bond acceptors (Lipinski definition) is 3. The van der Waals surface area contributed by atoms with Gasteiger partial charge in [-0.1, -0.05) is 194 Å². The van der Waals surface area contributed by atoms with E-state index in [1.54, 1.807) is 0 Å². The van der Waals surface area contributed by atoms with Crippen LogP contribution in [-0.4, -0.2) is 0 Å². The third-order valence-corrected chi connectivity index (χ3v) is 10.6. The van der Waals surface area contributed by atoms with Crippen molar-refractivity contribution in [2.75, 3.05) is 0 Å². The molecule has 260 valence electrons. The second-order valence-corrected chi connectivity index (χ2v) is 13.9. The zero-order valence-corrected chi connectivity index (χ0v) is 30.0. The number of fused-ring (bicyclic) bond motifs is 4. The molecule has 0 fully saturated rings. The summed E-state index contributed by atoms with van der Waals surface area (Å²) in [6.07, 6.45) is -0.574. The third-order valence-electron chi connectivity index (χ3n) is 10.6. The van der Waals surface area contributed by atoms with Gasteiger partial charge in [-0.3, -0.25) is 10.6 Å². The molecule has 54 heavy (non-hydrogen) atoms. The lowest BCUT2D eigenvalue weighted by molar-refractivity contribution is 0.386. The van der Waals surface area contributed by atoms with E-state index in [1.165, 1.54) is 71.3 Å². The Morgan fingerprint density at radius 1 is 0.407 bits per heavy atom. The van der Waals surface area contributed by atoms with Crippen molar-refractivity contribution in [3.05, 3.63) is 217 Å². The van der Waals surface area contributed by atoms with Crippen molar-refractivity contribution in [1.29, 1.82) is 0 Å². The normalized spacial score (nSPS) is 12.6. The fourth-order valence-corrected chi connectivity index (χ4v) is 7.82. The summed E-state index contributed by atoms with van der Waals surface area (Å²) in [4.78, 5) is 0. The molecule has 9 aromatic carbocycles. The first-order valence-electron chi connectivity index (χ1n) is 18.7. The van der Waals surface area contributed by atoms with Gasteiger partial charge in [0.25, 0.3) is 0 Å². The van der Waals surface area contributed by atoms with Crippen molar-refractivity contribution < 1.29 is 0 Å². The molecule has 0 saturated heterocycles. The van der Waals surface area contributed by atoms with Crippen molar-refractivity contribution >= 4 is 32.3 Å². The molecule has 9 rings (SSSR count). The van der Waals surface area contributed by atoms with Crippen LogP contribution < -0.4 is 16.4 Å². The molecule has 0 aromatic heterocycles. The van der Waals surface area contributed by atoms with E-state index in [-0.39, 0.29) is 12.3 Å². The van der Waals surface area contributed by atoms with Crippen LogP contribution >= 0.6 is 0 Å². The van der Waals surface area contributed by atoms with Gasteiger partial charge in [0.15, 0.2) is 0 Å². The number of benzene rings is 9. The maximum absolute atomic E-state index is 6.83. The maximum Gasteiger partial charge on any atom is 0.0852 e. The fraction of sp³-hybridized carbons (Fsp3) is 0.0588. The summed E-state index contributed by atoms with van der Waals surface area (Å²) in [5, 5.41) is 15.1. The van der Waals surface area contributed by atoms with Crippen molar-refractivity contribution in [1.82, 2.24) is 10.6 Å². The largest absolute Gasteiger partial charge is 0.312 e. The van der Waals surface area contributed by atoms with Crippen LogP contribution in [0.4, 0.5) is 0 Å². The summed E-state index contributed by atoms with van der Waals surface area (Å²) in [5.41, 5.74) is 17.5. The first-order valence-corrected chi connectivity index (χ1v) is 18.7. The Bertz CT molecular complexity index is 2690. The fourth-order valence-electron chi connectivity index (χ4n) is 7.82. The minimum Gasteiger partial charge on any atom is -0.312 e. The van der Waals surface area contributed by atoms with Crippen LogP contribution in [0.2, 0.25) is 0 Å². The molecule has 9 aromatic rings. The Morgan fingerprint density at radius 2 is 1.00 bits per heavy atom. The summed E-state index contributed by atoms with van der Waals surface area (Å²) in [6.45, 7) is 0.651. The van der Waals surface area contributed by atoms with Crippen LogP contribution in [0.5, 0.6) is 0 Å². The summed E-state index contributed by atoms with van der Waals surface area (Å²) in [6, 6.07) is 71.5. The summed E-state index contributed by atoms with van der Waals surface area (Å²) < 4.78 is 0. The van der Waals surface area contributed by atoms with Crippen molar-refractivity contribution in [3.8, 4) is 33.4 Å². The Morgan fingerprint density at radius 3 is 1.78 bits per heavy atom. The average molecular weight is 696 g/mol. The topological polar surface area (TPSA) is 50.1 Å². The second-order valence-electron chi connectivity index (χ2n) is 13.9. The Kier molecular flexibility index (Phi) is 9.26. The van der Waals surface area contributed by atoms with E-state index >= 15 is 0 Å². The van der Waals surface area contributed by atoms with E-state index in [9.17, 15) is 0 Å². The molecular weight excluding hydrogens is 655 g/mol. The molecular formula is C51H41N3. The van der Waals surface area contributed by atoms with E-state index in [0.29, 0.717) is 6.54 Å². The van der Waals surface area contributed by atoms with Crippen LogP contribution in [0.3, 0.4) is 0 Å². The van der Waals surface area contributed by atoms with Gasteiger partial charge in [0, 0.05) is 6.54 Å². The molecule has 3 nitrogen and oxygen atoms in total. The Balaban J connectivity index is 1.06. The number of nitrogens with two attached hydrogens (primary N) is 1. The highest BCUT2D eigenvalue weighted by Crippen LogP contribution is 2.39. The predicted molar refractivity (Wildman–Crippen MR) is 228 cm³/mol. The molecule has 0 amide bonds. The minimum atomic E-state index is -0.362. The lowest BCUT2D eigenvalue weighted by atomic mass is 9.89. The van der Waals surface area contributed by atoms with E-state index in [1.807, 2.05) is 18.2 Å². The molecule has 2 unspecified atom stereocenters. The van der Waals surface area contributed by atoms with Gasteiger partial charge >= 0.3 is 0 Å². The lowest BCUT2D eigenvalue weighted by Crippen LogP contribution is -2.39. The first kappa shape index (κ1) is 33.5. The smallest absolute Gasteiger partial charge is 0.0852 e. The molecule has 0 spiro atoms. The zero-order chi connectivity index (χ0) is 36.3. The lowest BCUT2D eigenvalue weighted by Gasteiger charge is -2.26. The molecule has 0 bridgehead atoms. The molecule has 3 heteroatoms. The molecule has 0 aliphatic heterocycles. The predicted octanol–water partition coefficient (Wildman–Crippen LogP) is 12.2. The van der Waals surface area contributed by atoms with Gasteiger partial charge in [-0.15, -0.1) is 0 Å². The summed E-state index contributed by atoms with van der Waals surface area (Å²) in [5.74, 6) is 0. The maximum atomic E-state index is 6.83. The second kappa shape index (κ2) is 14.9. The molecule has 0 radical (unpaired) electrons. The number of rotatable bonds is 10. The van der Waals surface area contributed by atoms with Gasteiger partial charge in [0.05, 0.1) is 12.3 Å². The molecule has 0 heterocycles. The zero-order valence-electron chi connectivity index (χ0n) is 30.0. The van der Waals surface area contributed by atoms with Gasteiger partial charge in [0.2, 0.25) is 0 Å². The van der Waals surface area contributed by atoms with Crippen LogP contribution in [0, 0.1) is 0 Å². The minimum absolute atomic E-state index is 0.212. The van der Waals surface area contributed by atoms with Crippen molar-refractivity contribution in [3.63, 3.8) is 0 Å². The van der Waals surface area contributed by atoms with Crippen LogP contribution in [0.1, 0.15) is 29.0 Å². The highest BCUT2D eigenvalue weighted by molar-refractivity contribution is 6.20. The monoisotopic (exact) mass is 695 g/mol. The molecule has 0 aliphatic rings. The molecule has 2 atom stereocenters. The first-order chi connectivity index (χ1) is 26.7. The molecule has 0 aliphatic carbocycles. The average Bonchev–Trinajstić information content (AvgIpc) is 3.25. The van der Waals surface area contributed by atoms with Crippen LogP contribution in [0.25, 0.3) is 65.7 Å². The third kappa shape index (κ3) is 6.68. The van der Waals surface area contributed by atoms with E-state index in [2.05, 4.69) is 193 Å². The van der Waals surface area contributed by atoms with E-state index < -0.39 is 0 Å². The Hall–Kier alpha value is -6.36. The van der Waals surface area contributed by atoms with Gasteiger partial charge in [-0.2, -0.15) is 0 Å². The standard InChI is InChI=1S/C51H41N3/c52-50(40-16-5-2-6-17-40)54-51(53-34-43-19-9-10-20-44(43)38-25-23-36(24-26-38)35-13-3-1-4-14-35)41-29-27-39(28-30-41)49-46-22-12-8-18-42(46)33-48-45-21-11-7-15-37(45)31-32-47(48)49/h1-33,50-51,53-54H,34,52H2. The number of hydrogen-bond donors (Lipinski definition) is 3. The summed E-state index contributed by atoms with van der Waals surface area (Å²) in [7, 11) is 0. The van der Waals surface area contributed by atoms with Gasteiger partial charge < -0.3 is 5.73 Å². The van der Waals surface area contributed by atoms with Gasteiger partial charge in [0.1, 0.15) is 0 Å². The SMILES string of the molecule is NC(NC(NCc1ccccc1-c1ccc(-c2ccccc2)cc1)c1ccc(-c2c3ccccc3cc3c2ccc2ccccc23)cc1)c1ccccc1. The highest BCUT2D eigenvalue weighted by atomic mass is 15.2. The summed E-state index contributed by atoms with van der Waals surface area (Å²) >= 11 is 0. The number of nitrogens with one attached hydrogen (secondary N) is 2. The highest BCUT2D eigenvalue weighted by Gasteiger charge is 2.18. The Labute approximate surface area is 316 Å². The molecule has 4 N–H and O–H groups in total. The van der Waals surface area contributed by atoms with Gasteiger partial charge in [-0.25, -0.2) is 0 Å². The quantitative estimate of drug-likeness (QED) is 0.0758. The van der Waals surface area contributed by atoms with E-state index in [4.69, 9.17) is 5.73 Å². The molecule has 0 saturated carbocycles. The van der Waals surface area contributed by atoms with Crippen LogP contribution in [0.15, 0.2) is 200 Å². The van der Waals surface area contributed by atoms with Crippen molar-refractivity contribution in [2.45, 2.75) is 18.9 Å². The van der Waals surface area contributed by atoms with Gasteiger partial charge in [-0.05, 0) is 88.5 Å². The van der Waals surface area contributed by atoms with Crippen LogP contribution in [-0.2, 0) is 6.54 Å². The van der Waals surface area contributed by atoms with E-state index in [0.717, 1.165) is 11.1 Å².